The van der Waals surface area contributed by atoms with Crippen molar-refractivity contribution in [1.29, 1.82) is 0 Å². The molecule has 6 heteroatoms. The number of carbonyl (C=O) groups excluding carboxylic acids is 2. The molecule has 0 aromatic carbocycles. The molecule has 0 heterocycles. The van der Waals surface area contributed by atoms with Gasteiger partial charge in [-0.15, -0.1) is 0 Å². The molecule has 0 aromatic rings. The molecule has 1 aliphatic carbocycles. The number of nitrogens with one attached hydrogen (secondary N) is 2. The van der Waals surface area contributed by atoms with Gasteiger partial charge in [-0.2, -0.15) is 0 Å². The van der Waals surface area contributed by atoms with E-state index in [0.717, 1.165) is 32.1 Å². The lowest BCUT2D eigenvalue weighted by Gasteiger charge is -2.33. The largest absolute Gasteiger partial charge is 0.465 e. The second kappa shape index (κ2) is 8.34. The van der Waals surface area contributed by atoms with Gasteiger partial charge in [0.05, 0.1) is 12.6 Å². The summed E-state index contributed by atoms with van der Waals surface area (Å²) in [6, 6.07) is -0.294. The number of amides is 1. The molecule has 0 aliphatic heterocycles. The van der Waals surface area contributed by atoms with Crippen LogP contribution in [0.5, 0.6) is 0 Å². The first-order valence-corrected chi connectivity index (χ1v) is 7.84. The minimum Gasteiger partial charge on any atom is -0.465 e. The lowest BCUT2D eigenvalue weighted by Crippen LogP contribution is -2.54. The van der Waals surface area contributed by atoms with E-state index in [2.05, 4.69) is 10.6 Å². The third-order valence-electron chi connectivity index (χ3n) is 4.64. The van der Waals surface area contributed by atoms with Crippen LogP contribution in [-0.4, -0.2) is 44.2 Å². The molecule has 0 saturated heterocycles. The Morgan fingerprint density at radius 1 is 1.43 bits per heavy atom. The SMILES string of the molecule is CCOC(=O)C1(NC)CCCC1CCCC(NC)C(N)=O. The van der Waals surface area contributed by atoms with Crippen LogP contribution in [0.4, 0.5) is 0 Å². The van der Waals surface area contributed by atoms with Crippen LogP contribution in [0.2, 0.25) is 0 Å². The third-order valence-corrected chi connectivity index (χ3v) is 4.64. The van der Waals surface area contributed by atoms with E-state index in [4.69, 9.17) is 10.5 Å². The van der Waals surface area contributed by atoms with Crippen LogP contribution < -0.4 is 16.4 Å². The van der Waals surface area contributed by atoms with Crippen LogP contribution >= 0.6 is 0 Å². The van der Waals surface area contributed by atoms with E-state index in [1.54, 1.807) is 7.05 Å². The maximum Gasteiger partial charge on any atom is 0.326 e. The van der Waals surface area contributed by atoms with Crippen molar-refractivity contribution in [1.82, 2.24) is 10.6 Å². The zero-order valence-electron chi connectivity index (χ0n) is 13.4. The van der Waals surface area contributed by atoms with Crippen molar-refractivity contribution in [3.8, 4) is 0 Å². The summed E-state index contributed by atoms with van der Waals surface area (Å²) in [5, 5.41) is 6.13. The standard InChI is InChI=1S/C15H29N3O3/c1-4-21-14(20)15(18-3)10-6-8-11(15)7-5-9-12(17-2)13(16)19/h11-12,17-18H,4-10H2,1-3H3,(H2,16,19). The number of likely N-dealkylation sites (N-methyl/N-ethyl adjacent to an activating group) is 2. The normalized spacial score (nSPS) is 26.5. The average molecular weight is 299 g/mol. The van der Waals surface area contributed by atoms with Gasteiger partial charge in [-0.25, -0.2) is 0 Å². The van der Waals surface area contributed by atoms with E-state index in [0.29, 0.717) is 13.0 Å². The van der Waals surface area contributed by atoms with Gasteiger partial charge in [-0.05, 0) is 52.6 Å². The highest BCUT2D eigenvalue weighted by Gasteiger charge is 2.48. The number of rotatable bonds is 9. The zero-order valence-corrected chi connectivity index (χ0v) is 13.4. The lowest BCUT2D eigenvalue weighted by molar-refractivity contribution is -0.153. The molecule has 0 aromatic heterocycles. The first kappa shape index (κ1) is 17.9. The van der Waals surface area contributed by atoms with Crippen LogP contribution in [0, 0.1) is 5.92 Å². The molecule has 1 saturated carbocycles. The molecule has 0 spiro atoms. The fourth-order valence-corrected chi connectivity index (χ4v) is 3.43. The van der Waals surface area contributed by atoms with Crippen LogP contribution in [0.3, 0.4) is 0 Å². The second-order valence-electron chi connectivity index (χ2n) is 5.71. The minimum atomic E-state index is -0.558. The number of esters is 1. The second-order valence-corrected chi connectivity index (χ2v) is 5.71. The fraction of sp³-hybridized carbons (Fsp3) is 0.867. The monoisotopic (exact) mass is 299 g/mol. The maximum absolute atomic E-state index is 12.3. The highest BCUT2D eigenvalue weighted by Crippen LogP contribution is 2.39. The lowest BCUT2D eigenvalue weighted by atomic mass is 9.83. The predicted octanol–water partition coefficient (Wildman–Crippen LogP) is 0.551. The van der Waals surface area contributed by atoms with Crippen molar-refractivity contribution < 1.29 is 14.3 Å². The van der Waals surface area contributed by atoms with E-state index >= 15 is 0 Å². The van der Waals surface area contributed by atoms with Crippen molar-refractivity contribution in [3.63, 3.8) is 0 Å². The number of hydrogen-bond acceptors (Lipinski definition) is 5. The molecule has 1 fully saturated rings. The van der Waals surface area contributed by atoms with Gasteiger partial charge in [0.2, 0.25) is 5.91 Å². The first-order valence-electron chi connectivity index (χ1n) is 7.84. The van der Waals surface area contributed by atoms with E-state index in [1.165, 1.54) is 0 Å². The van der Waals surface area contributed by atoms with E-state index in [9.17, 15) is 9.59 Å². The topological polar surface area (TPSA) is 93.4 Å². The van der Waals surface area contributed by atoms with Crippen molar-refractivity contribution in [3.05, 3.63) is 0 Å². The summed E-state index contributed by atoms with van der Waals surface area (Å²) in [5.41, 5.74) is 4.76. The molecule has 1 aliphatic rings. The Balaban J connectivity index is 2.60. The highest BCUT2D eigenvalue weighted by molar-refractivity contribution is 5.82. The highest BCUT2D eigenvalue weighted by atomic mass is 16.5. The molecular formula is C15H29N3O3. The molecule has 1 amide bonds. The quantitative estimate of drug-likeness (QED) is 0.541. The summed E-state index contributed by atoms with van der Waals surface area (Å²) in [6.07, 6.45) is 5.31. The van der Waals surface area contributed by atoms with Crippen molar-refractivity contribution in [2.75, 3.05) is 20.7 Å². The molecule has 0 bridgehead atoms. The Hall–Kier alpha value is -1.14. The number of primary amides is 1. The molecule has 1 rings (SSSR count). The molecule has 0 radical (unpaired) electrons. The zero-order chi connectivity index (χ0) is 15.9. The smallest absolute Gasteiger partial charge is 0.326 e. The average Bonchev–Trinajstić information content (AvgIpc) is 2.87. The number of nitrogens with two attached hydrogens (primary N) is 1. The molecular weight excluding hydrogens is 270 g/mol. The van der Waals surface area contributed by atoms with Gasteiger partial charge in [-0.3, -0.25) is 9.59 Å². The Morgan fingerprint density at radius 2 is 2.14 bits per heavy atom. The summed E-state index contributed by atoms with van der Waals surface area (Å²) in [5.74, 6) is -0.212. The van der Waals surface area contributed by atoms with Gasteiger partial charge < -0.3 is 21.1 Å². The van der Waals surface area contributed by atoms with Crippen LogP contribution in [0.1, 0.15) is 45.4 Å². The Labute approximate surface area is 127 Å². The van der Waals surface area contributed by atoms with E-state index in [-0.39, 0.29) is 23.8 Å². The van der Waals surface area contributed by atoms with Crippen molar-refractivity contribution in [2.24, 2.45) is 11.7 Å². The van der Waals surface area contributed by atoms with Gasteiger partial charge in [0, 0.05) is 0 Å². The van der Waals surface area contributed by atoms with Gasteiger partial charge in [0.25, 0.3) is 0 Å². The first-order chi connectivity index (χ1) is 10.0. The third kappa shape index (κ3) is 4.17. The Bertz CT molecular complexity index is 362. The van der Waals surface area contributed by atoms with Gasteiger partial charge >= 0.3 is 5.97 Å². The van der Waals surface area contributed by atoms with Gasteiger partial charge in [0.1, 0.15) is 5.54 Å². The molecule has 3 unspecified atom stereocenters. The summed E-state index contributed by atoms with van der Waals surface area (Å²) in [6.45, 7) is 2.23. The number of hydrogen-bond donors (Lipinski definition) is 3. The van der Waals surface area contributed by atoms with Crippen LogP contribution in [0.15, 0.2) is 0 Å². The number of carbonyl (C=O) groups is 2. The van der Waals surface area contributed by atoms with E-state index in [1.807, 2.05) is 14.0 Å². The van der Waals surface area contributed by atoms with Crippen LogP contribution in [0.25, 0.3) is 0 Å². The van der Waals surface area contributed by atoms with Crippen LogP contribution in [-0.2, 0) is 14.3 Å². The van der Waals surface area contributed by atoms with Gasteiger partial charge in [0.15, 0.2) is 0 Å². The van der Waals surface area contributed by atoms with Crippen molar-refractivity contribution in [2.45, 2.75) is 57.0 Å². The van der Waals surface area contributed by atoms with Crippen molar-refractivity contribution >= 4 is 11.9 Å². The molecule has 21 heavy (non-hydrogen) atoms. The fourth-order valence-electron chi connectivity index (χ4n) is 3.43. The molecule has 6 nitrogen and oxygen atoms in total. The summed E-state index contributed by atoms with van der Waals surface area (Å²) >= 11 is 0. The summed E-state index contributed by atoms with van der Waals surface area (Å²) < 4.78 is 5.25. The summed E-state index contributed by atoms with van der Waals surface area (Å²) in [7, 11) is 3.57. The Kier molecular flexibility index (Phi) is 7.11. The molecule has 3 atom stereocenters. The predicted molar refractivity (Wildman–Crippen MR) is 81.7 cm³/mol. The van der Waals surface area contributed by atoms with E-state index < -0.39 is 5.54 Å². The summed E-state index contributed by atoms with van der Waals surface area (Å²) in [4.78, 5) is 23.5. The molecule has 122 valence electrons. The van der Waals surface area contributed by atoms with Gasteiger partial charge in [-0.1, -0.05) is 12.8 Å². The maximum atomic E-state index is 12.3. The minimum absolute atomic E-state index is 0.143. The molecule has 4 N–H and O–H groups in total. The number of ether oxygens (including phenoxy) is 1. The Morgan fingerprint density at radius 3 is 2.67 bits per heavy atom.